The van der Waals surface area contributed by atoms with Gasteiger partial charge in [0, 0.05) is 0 Å². The summed E-state index contributed by atoms with van der Waals surface area (Å²) < 4.78 is 27.8. The van der Waals surface area contributed by atoms with Gasteiger partial charge in [0.2, 0.25) is 5.88 Å². The third kappa shape index (κ3) is 2.65. The van der Waals surface area contributed by atoms with Crippen molar-refractivity contribution in [3.63, 3.8) is 0 Å². The molecule has 66 valence electrons. The number of ether oxygens (including phenoxy) is 1. The first-order valence-corrected chi connectivity index (χ1v) is 3.17. The van der Waals surface area contributed by atoms with E-state index in [2.05, 4.69) is 14.7 Å². The quantitative estimate of drug-likeness (QED) is 0.734. The van der Waals surface area contributed by atoms with Gasteiger partial charge in [0.05, 0.1) is 12.4 Å². The number of nitrogens with zero attached hydrogens (tertiary/aromatic N) is 2. The molecule has 12 heavy (non-hydrogen) atoms. The molecule has 1 heterocycles. The summed E-state index contributed by atoms with van der Waals surface area (Å²) >= 11 is 0. The van der Waals surface area contributed by atoms with Crippen molar-refractivity contribution in [3.05, 3.63) is 12.4 Å². The molecule has 0 amide bonds. The fourth-order valence-electron chi connectivity index (χ4n) is 0.580. The van der Waals surface area contributed by atoms with Crippen LogP contribution in [0.4, 0.5) is 14.6 Å². The lowest BCUT2D eigenvalue weighted by atomic mass is 10.6. The maximum Gasteiger partial charge on any atom is 0.272 e. The van der Waals surface area contributed by atoms with Crippen LogP contribution in [0.5, 0.6) is 5.88 Å². The molecule has 0 unspecified atom stereocenters. The second-order valence-electron chi connectivity index (χ2n) is 1.98. The molecule has 0 saturated carbocycles. The Labute approximate surface area is 67.4 Å². The first-order chi connectivity index (χ1) is 5.68. The van der Waals surface area contributed by atoms with Gasteiger partial charge in [0.1, 0.15) is 5.82 Å². The Morgan fingerprint density at radius 1 is 1.50 bits per heavy atom. The van der Waals surface area contributed by atoms with Gasteiger partial charge in [0.25, 0.3) is 6.43 Å². The predicted octanol–water partition coefficient (Wildman–Crippen LogP) is 0.703. The van der Waals surface area contributed by atoms with Gasteiger partial charge in [-0.1, -0.05) is 0 Å². The molecule has 0 atom stereocenters. The molecule has 0 spiro atoms. The van der Waals surface area contributed by atoms with E-state index in [9.17, 15) is 8.78 Å². The van der Waals surface area contributed by atoms with E-state index >= 15 is 0 Å². The molecular formula is C6H7F2N3O. The number of nitrogens with two attached hydrogens (primary N) is 1. The molecule has 0 aliphatic carbocycles. The summed E-state index contributed by atoms with van der Waals surface area (Å²) in [6, 6.07) is 0. The number of alkyl halides is 2. The average molecular weight is 175 g/mol. The van der Waals surface area contributed by atoms with Crippen molar-refractivity contribution >= 4 is 5.82 Å². The van der Waals surface area contributed by atoms with Crippen LogP contribution in [0.15, 0.2) is 12.4 Å². The standard InChI is InChI=1S/C6H7F2N3O/c7-4(8)3-12-6-2-10-1-5(9)11-6/h1-2,4H,3H2,(H2,9,11). The molecule has 0 aliphatic rings. The Bertz CT molecular complexity index is 256. The highest BCUT2D eigenvalue weighted by molar-refractivity contribution is 5.25. The summed E-state index contributed by atoms with van der Waals surface area (Å²) in [6.07, 6.45) is 0.00164. The van der Waals surface area contributed by atoms with Crippen LogP contribution >= 0.6 is 0 Å². The fourth-order valence-corrected chi connectivity index (χ4v) is 0.580. The molecule has 0 aliphatic heterocycles. The molecule has 1 aromatic heterocycles. The first kappa shape index (κ1) is 8.63. The summed E-state index contributed by atoms with van der Waals surface area (Å²) in [4.78, 5) is 7.21. The van der Waals surface area contributed by atoms with E-state index in [4.69, 9.17) is 5.73 Å². The van der Waals surface area contributed by atoms with Crippen LogP contribution in [-0.4, -0.2) is 23.0 Å². The van der Waals surface area contributed by atoms with Crippen LogP contribution in [0, 0.1) is 0 Å². The highest BCUT2D eigenvalue weighted by atomic mass is 19.3. The Morgan fingerprint density at radius 3 is 2.83 bits per heavy atom. The van der Waals surface area contributed by atoms with E-state index in [1.54, 1.807) is 0 Å². The number of hydrogen-bond donors (Lipinski definition) is 1. The monoisotopic (exact) mass is 175 g/mol. The Balaban J connectivity index is 2.52. The lowest BCUT2D eigenvalue weighted by Gasteiger charge is -2.02. The lowest BCUT2D eigenvalue weighted by molar-refractivity contribution is 0.0794. The molecule has 6 heteroatoms. The van der Waals surface area contributed by atoms with E-state index < -0.39 is 13.0 Å². The van der Waals surface area contributed by atoms with Crippen molar-refractivity contribution in [2.24, 2.45) is 0 Å². The van der Waals surface area contributed by atoms with Crippen LogP contribution in [0.2, 0.25) is 0 Å². The molecule has 0 radical (unpaired) electrons. The van der Waals surface area contributed by atoms with Crippen molar-refractivity contribution < 1.29 is 13.5 Å². The van der Waals surface area contributed by atoms with E-state index in [0.29, 0.717) is 0 Å². The lowest BCUT2D eigenvalue weighted by Crippen LogP contribution is -2.08. The molecule has 1 rings (SSSR count). The van der Waals surface area contributed by atoms with E-state index in [0.717, 1.165) is 0 Å². The van der Waals surface area contributed by atoms with Crippen molar-refractivity contribution in [3.8, 4) is 5.88 Å². The third-order valence-corrected chi connectivity index (χ3v) is 0.988. The highest BCUT2D eigenvalue weighted by Gasteiger charge is 2.04. The number of aromatic nitrogens is 2. The van der Waals surface area contributed by atoms with Crippen molar-refractivity contribution in [2.45, 2.75) is 6.43 Å². The predicted molar refractivity (Wildman–Crippen MR) is 37.9 cm³/mol. The Hall–Kier alpha value is -1.46. The second kappa shape index (κ2) is 3.80. The fraction of sp³-hybridized carbons (Fsp3) is 0.333. The van der Waals surface area contributed by atoms with Crippen molar-refractivity contribution in [2.75, 3.05) is 12.3 Å². The van der Waals surface area contributed by atoms with Gasteiger partial charge in [-0.15, -0.1) is 0 Å². The van der Waals surface area contributed by atoms with Crippen LogP contribution in [-0.2, 0) is 0 Å². The minimum Gasteiger partial charge on any atom is -0.470 e. The average Bonchev–Trinajstić information content (AvgIpc) is 2.01. The van der Waals surface area contributed by atoms with Crippen LogP contribution in [0.3, 0.4) is 0 Å². The molecule has 0 fully saturated rings. The van der Waals surface area contributed by atoms with E-state index in [1.807, 2.05) is 0 Å². The zero-order valence-corrected chi connectivity index (χ0v) is 6.08. The Morgan fingerprint density at radius 2 is 2.25 bits per heavy atom. The van der Waals surface area contributed by atoms with Crippen LogP contribution in [0.1, 0.15) is 0 Å². The molecule has 0 bridgehead atoms. The smallest absolute Gasteiger partial charge is 0.272 e. The van der Waals surface area contributed by atoms with Gasteiger partial charge in [-0.2, -0.15) is 4.98 Å². The minimum absolute atomic E-state index is 0.00954. The number of anilines is 1. The maximum absolute atomic E-state index is 11.6. The molecule has 2 N–H and O–H groups in total. The van der Waals surface area contributed by atoms with Gasteiger partial charge in [0.15, 0.2) is 6.61 Å². The molecular weight excluding hydrogens is 168 g/mol. The topological polar surface area (TPSA) is 61.0 Å². The SMILES string of the molecule is Nc1cncc(OCC(F)F)n1. The summed E-state index contributed by atoms with van der Waals surface area (Å²) in [7, 11) is 0. The number of rotatable bonds is 3. The zero-order valence-electron chi connectivity index (χ0n) is 6.08. The minimum atomic E-state index is -2.52. The number of halogens is 2. The second-order valence-corrected chi connectivity index (χ2v) is 1.98. The van der Waals surface area contributed by atoms with Gasteiger partial charge in [-0.3, -0.25) is 4.98 Å². The molecule has 1 aromatic rings. The molecule has 0 saturated heterocycles. The van der Waals surface area contributed by atoms with Gasteiger partial charge < -0.3 is 10.5 Å². The Kier molecular flexibility index (Phi) is 2.73. The first-order valence-electron chi connectivity index (χ1n) is 3.17. The van der Waals surface area contributed by atoms with Crippen LogP contribution in [0.25, 0.3) is 0 Å². The largest absolute Gasteiger partial charge is 0.470 e. The third-order valence-electron chi connectivity index (χ3n) is 0.988. The number of hydrogen-bond acceptors (Lipinski definition) is 4. The normalized spacial score (nSPS) is 10.2. The van der Waals surface area contributed by atoms with Crippen LogP contribution < -0.4 is 10.5 Å². The molecule has 4 nitrogen and oxygen atoms in total. The highest BCUT2D eigenvalue weighted by Crippen LogP contribution is 2.06. The zero-order chi connectivity index (χ0) is 8.97. The summed E-state index contributed by atoms with van der Waals surface area (Å²) in [5.74, 6) is 0.150. The summed E-state index contributed by atoms with van der Waals surface area (Å²) in [6.45, 7) is -0.696. The number of nitrogen functional groups attached to an aromatic ring is 1. The van der Waals surface area contributed by atoms with E-state index in [-0.39, 0.29) is 11.7 Å². The van der Waals surface area contributed by atoms with Crippen molar-refractivity contribution in [1.82, 2.24) is 9.97 Å². The maximum atomic E-state index is 11.6. The van der Waals surface area contributed by atoms with E-state index in [1.165, 1.54) is 12.4 Å². The van der Waals surface area contributed by atoms with Crippen molar-refractivity contribution in [1.29, 1.82) is 0 Å². The summed E-state index contributed by atoms with van der Waals surface area (Å²) in [5.41, 5.74) is 5.22. The summed E-state index contributed by atoms with van der Waals surface area (Å²) in [5, 5.41) is 0. The van der Waals surface area contributed by atoms with Gasteiger partial charge in [-0.05, 0) is 0 Å². The molecule has 0 aromatic carbocycles. The van der Waals surface area contributed by atoms with Gasteiger partial charge >= 0.3 is 0 Å². The van der Waals surface area contributed by atoms with Gasteiger partial charge in [-0.25, -0.2) is 8.78 Å².